The molecule has 1 saturated heterocycles. The van der Waals surface area contributed by atoms with Crippen LogP contribution in [0.5, 0.6) is 17.2 Å². The van der Waals surface area contributed by atoms with E-state index >= 15 is 0 Å². The Bertz CT molecular complexity index is 872. The SMILES string of the molecule is CCOc1ccc(C(=O)C=Cc2ccc(OC)c(O)c2)cc1CN1CCOCC1. The number of benzene rings is 2. The molecular weight excluding hydrogens is 370 g/mol. The van der Waals surface area contributed by atoms with Crippen molar-refractivity contribution in [3.05, 3.63) is 59.2 Å². The fourth-order valence-corrected chi connectivity index (χ4v) is 3.23. The normalized spacial score (nSPS) is 14.8. The summed E-state index contributed by atoms with van der Waals surface area (Å²) < 4.78 is 16.2. The first-order chi connectivity index (χ1) is 14.1. The first kappa shape index (κ1) is 20.9. The molecule has 2 aromatic rings. The molecule has 0 atom stereocenters. The third-order valence-corrected chi connectivity index (χ3v) is 4.77. The first-order valence-corrected chi connectivity index (χ1v) is 9.76. The lowest BCUT2D eigenvalue weighted by molar-refractivity contribution is 0.0338. The van der Waals surface area contributed by atoms with Crippen LogP contribution in [0.3, 0.4) is 0 Å². The topological polar surface area (TPSA) is 68.2 Å². The molecule has 0 radical (unpaired) electrons. The van der Waals surface area contributed by atoms with Gasteiger partial charge in [-0.05, 0) is 48.9 Å². The van der Waals surface area contributed by atoms with E-state index in [-0.39, 0.29) is 11.5 Å². The van der Waals surface area contributed by atoms with Crippen molar-refractivity contribution >= 4 is 11.9 Å². The van der Waals surface area contributed by atoms with Gasteiger partial charge in [0.15, 0.2) is 17.3 Å². The van der Waals surface area contributed by atoms with E-state index in [9.17, 15) is 9.90 Å². The molecule has 0 saturated carbocycles. The quantitative estimate of drug-likeness (QED) is 0.543. The minimum absolute atomic E-state index is 0.0379. The second-order valence-electron chi connectivity index (χ2n) is 6.77. The molecule has 0 spiro atoms. The standard InChI is InChI=1S/C23H27NO5/c1-3-29-22-9-6-18(15-19(22)16-24-10-12-28-13-11-24)20(25)7-4-17-5-8-23(27-2)21(26)14-17/h4-9,14-15,26H,3,10-13,16H2,1-2H3. The van der Waals surface area contributed by atoms with Gasteiger partial charge in [-0.15, -0.1) is 0 Å². The Morgan fingerprint density at radius 2 is 1.93 bits per heavy atom. The predicted molar refractivity (Wildman–Crippen MR) is 112 cm³/mol. The van der Waals surface area contributed by atoms with E-state index in [0.717, 1.165) is 49.7 Å². The zero-order valence-corrected chi connectivity index (χ0v) is 16.9. The molecule has 6 heteroatoms. The Hall–Kier alpha value is -2.83. The highest BCUT2D eigenvalue weighted by Gasteiger charge is 2.15. The van der Waals surface area contributed by atoms with Crippen LogP contribution in [-0.4, -0.2) is 55.8 Å². The van der Waals surface area contributed by atoms with Crippen LogP contribution in [0.25, 0.3) is 6.08 Å². The molecule has 1 heterocycles. The van der Waals surface area contributed by atoms with Crippen LogP contribution in [0.15, 0.2) is 42.5 Å². The molecular formula is C23H27NO5. The van der Waals surface area contributed by atoms with Crippen LogP contribution in [0.4, 0.5) is 0 Å². The predicted octanol–water partition coefficient (Wildman–Crippen LogP) is 3.53. The molecule has 0 aliphatic carbocycles. The van der Waals surface area contributed by atoms with Gasteiger partial charge in [-0.3, -0.25) is 9.69 Å². The van der Waals surface area contributed by atoms with Crippen molar-refractivity contribution in [1.29, 1.82) is 0 Å². The third-order valence-electron chi connectivity index (χ3n) is 4.77. The van der Waals surface area contributed by atoms with E-state index in [2.05, 4.69) is 4.90 Å². The van der Waals surface area contributed by atoms with E-state index in [1.54, 1.807) is 30.3 Å². The average molecular weight is 397 g/mol. The lowest BCUT2D eigenvalue weighted by Gasteiger charge is -2.27. The van der Waals surface area contributed by atoms with Crippen LogP contribution in [0, 0.1) is 0 Å². The smallest absolute Gasteiger partial charge is 0.185 e. The summed E-state index contributed by atoms with van der Waals surface area (Å²) in [7, 11) is 1.49. The molecule has 0 unspecified atom stereocenters. The summed E-state index contributed by atoms with van der Waals surface area (Å²) in [5.74, 6) is 1.13. The monoisotopic (exact) mass is 397 g/mol. The molecule has 1 N–H and O–H groups in total. The molecule has 1 aliphatic heterocycles. The zero-order valence-electron chi connectivity index (χ0n) is 16.9. The van der Waals surface area contributed by atoms with Gasteiger partial charge in [-0.1, -0.05) is 12.1 Å². The summed E-state index contributed by atoms with van der Waals surface area (Å²) in [6.45, 7) is 6.42. The van der Waals surface area contributed by atoms with Gasteiger partial charge in [0.05, 0.1) is 26.9 Å². The van der Waals surface area contributed by atoms with E-state index in [1.165, 1.54) is 13.2 Å². The fourth-order valence-electron chi connectivity index (χ4n) is 3.23. The highest BCUT2D eigenvalue weighted by atomic mass is 16.5. The van der Waals surface area contributed by atoms with Crippen molar-refractivity contribution in [3.8, 4) is 17.2 Å². The number of methoxy groups -OCH3 is 1. The van der Waals surface area contributed by atoms with Gasteiger partial charge in [-0.2, -0.15) is 0 Å². The number of allylic oxidation sites excluding steroid dienone is 1. The summed E-state index contributed by atoms with van der Waals surface area (Å²) in [4.78, 5) is 15.0. The average Bonchev–Trinajstić information content (AvgIpc) is 2.74. The van der Waals surface area contributed by atoms with Crippen molar-refractivity contribution in [1.82, 2.24) is 4.90 Å². The number of ether oxygens (including phenoxy) is 3. The van der Waals surface area contributed by atoms with Gasteiger partial charge < -0.3 is 19.3 Å². The Labute approximate surface area is 171 Å². The number of ketones is 1. The molecule has 3 rings (SSSR count). The zero-order chi connectivity index (χ0) is 20.6. The molecule has 0 bridgehead atoms. The van der Waals surface area contributed by atoms with E-state index in [0.29, 0.717) is 17.9 Å². The number of rotatable bonds is 8. The molecule has 0 amide bonds. The Morgan fingerprint density at radius 3 is 2.62 bits per heavy atom. The maximum Gasteiger partial charge on any atom is 0.185 e. The van der Waals surface area contributed by atoms with Crippen LogP contribution < -0.4 is 9.47 Å². The maximum absolute atomic E-state index is 12.7. The highest BCUT2D eigenvalue weighted by Crippen LogP contribution is 2.27. The molecule has 0 aromatic heterocycles. The second-order valence-corrected chi connectivity index (χ2v) is 6.77. The van der Waals surface area contributed by atoms with Crippen molar-refractivity contribution in [3.63, 3.8) is 0 Å². The fraction of sp³-hybridized carbons (Fsp3) is 0.348. The van der Waals surface area contributed by atoms with Crippen LogP contribution in [0.2, 0.25) is 0 Å². The number of carbonyl (C=O) groups excluding carboxylic acids is 1. The van der Waals surface area contributed by atoms with Gasteiger partial charge in [-0.25, -0.2) is 0 Å². The summed E-state index contributed by atoms with van der Waals surface area (Å²) in [6.07, 6.45) is 3.19. The Kier molecular flexibility index (Phi) is 7.27. The van der Waals surface area contributed by atoms with E-state index < -0.39 is 0 Å². The molecule has 29 heavy (non-hydrogen) atoms. The number of hydrogen-bond acceptors (Lipinski definition) is 6. The van der Waals surface area contributed by atoms with Gasteiger partial charge in [0.1, 0.15) is 5.75 Å². The minimum Gasteiger partial charge on any atom is -0.504 e. The number of aromatic hydroxyl groups is 1. The summed E-state index contributed by atoms with van der Waals surface area (Å²) in [5.41, 5.74) is 2.32. The van der Waals surface area contributed by atoms with Gasteiger partial charge >= 0.3 is 0 Å². The molecule has 2 aromatic carbocycles. The van der Waals surface area contributed by atoms with Crippen molar-refractivity contribution in [2.45, 2.75) is 13.5 Å². The Balaban J connectivity index is 1.77. The molecule has 6 nitrogen and oxygen atoms in total. The second kappa shape index (κ2) is 10.1. The number of morpholine rings is 1. The summed E-state index contributed by atoms with van der Waals surface area (Å²) >= 11 is 0. The summed E-state index contributed by atoms with van der Waals surface area (Å²) in [6, 6.07) is 10.6. The van der Waals surface area contributed by atoms with Crippen molar-refractivity contribution in [2.75, 3.05) is 40.0 Å². The lowest BCUT2D eigenvalue weighted by Crippen LogP contribution is -2.35. The van der Waals surface area contributed by atoms with E-state index in [4.69, 9.17) is 14.2 Å². The summed E-state index contributed by atoms with van der Waals surface area (Å²) in [5, 5.41) is 9.88. The lowest BCUT2D eigenvalue weighted by atomic mass is 10.0. The number of nitrogens with zero attached hydrogens (tertiary/aromatic N) is 1. The molecule has 1 aliphatic rings. The number of carbonyl (C=O) groups is 1. The molecule has 154 valence electrons. The van der Waals surface area contributed by atoms with Gasteiger partial charge in [0, 0.05) is 30.8 Å². The van der Waals surface area contributed by atoms with Gasteiger partial charge in [0.25, 0.3) is 0 Å². The maximum atomic E-state index is 12.7. The highest BCUT2D eigenvalue weighted by molar-refractivity contribution is 6.07. The van der Waals surface area contributed by atoms with Crippen molar-refractivity contribution < 1.29 is 24.1 Å². The third kappa shape index (κ3) is 5.59. The first-order valence-electron chi connectivity index (χ1n) is 9.76. The largest absolute Gasteiger partial charge is 0.504 e. The van der Waals surface area contributed by atoms with Crippen LogP contribution in [-0.2, 0) is 11.3 Å². The molecule has 1 fully saturated rings. The van der Waals surface area contributed by atoms with Crippen LogP contribution >= 0.6 is 0 Å². The number of phenolic OH excluding ortho intramolecular Hbond substituents is 1. The van der Waals surface area contributed by atoms with Crippen molar-refractivity contribution in [2.24, 2.45) is 0 Å². The van der Waals surface area contributed by atoms with E-state index in [1.807, 2.05) is 19.1 Å². The minimum atomic E-state index is -0.105. The number of hydrogen-bond donors (Lipinski definition) is 1. The van der Waals surface area contributed by atoms with Crippen LogP contribution in [0.1, 0.15) is 28.4 Å². The Morgan fingerprint density at radius 1 is 1.17 bits per heavy atom. The van der Waals surface area contributed by atoms with Gasteiger partial charge in [0.2, 0.25) is 0 Å². The number of phenols is 1.